The van der Waals surface area contributed by atoms with Gasteiger partial charge in [0, 0.05) is 5.56 Å². The van der Waals surface area contributed by atoms with Crippen LogP contribution >= 0.6 is 11.3 Å². The van der Waals surface area contributed by atoms with Gasteiger partial charge < -0.3 is 0 Å². The van der Waals surface area contributed by atoms with Crippen LogP contribution in [0.4, 0.5) is 105 Å². The predicted molar refractivity (Wildman–Crippen MR) is 235 cm³/mol. The molecule has 0 aliphatic heterocycles. The number of halogens is 24. The summed E-state index contributed by atoms with van der Waals surface area (Å²) < 4.78 is 343. The van der Waals surface area contributed by atoms with E-state index in [4.69, 9.17) is 0 Å². The van der Waals surface area contributed by atoms with Crippen LogP contribution in [0.1, 0.15) is 50.1 Å². The first-order valence-electron chi connectivity index (χ1n) is 21.3. The Bertz CT molecular complexity index is 2960. The minimum atomic E-state index is -6.13. The second-order valence-electron chi connectivity index (χ2n) is 17.2. The molecule has 0 radical (unpaired) electrons. The average molecular weight is 1140 g/mol. The third-order valence-corrected chi connectivity index (χ3v) is 12.9. The molecule has 0 amide bonds. The molecule has 0 N–H and O–H groups in total. The van der Waals surface area contributed by atoms with E-state index in [2.05, 4.69) is 76.3 Å². The van der Waals surface area contributed by atoms with E-state index in [-0.39, 0.29) is 0 Å². The van der Waals surface area contributed by atoms with Gasteiger partial charge in [-0.3, -0.25) is 0 Å². The van der Waals surface area contributed by atoms with E-state index in [1.165, 1.54) is 27.1 Å². The van der Waals surface area contributed by atoms with Gasteiger partial charge in [-0.25, -0.2) is 0 Å². The number of fused-ring (bicyclic) bond motifs is 2. The first kappa shape index (κ1) is 57.8. The van der Waals surface area contributed by atoms with E-state index >= 15 is 0 Å². The maximum Gasteiger partial charge on any atom is 0.416 e. The predicted octanol–water partition coefficient (Wildman–Crippen LogP) is 15.6. The number of hydrogen-bond acceptors (Lipinski definition) is 1. The van der Waals surface area contributed by atoms with Crippen molar-refractivity contribution in [3.63, 3.8) is 0 Å². The first-order valence-corrected chi connectivity index (χ1v) is 22.3. The average Bonchev–Trinajstić information content (AvgIpc) is 3.83. The molecule has 0 saturated carbocycles. The largest absolute Gasteiger partial charge is 0.416 e. The van der Waals surface area contributed by atoms with Crippen LogP contribution in [0.2, 0.25) is 0 Å². The van der Waals surface area contributed by atoms with Gasteiger partial charge in [0.05, 0.1) is 49.9 Å². The monoisotopic (exact) mass is 1140 g/mol. The topological polar surface area (TPSA) is 3.88 Å². The Balaban J connectivity index is 0.000000353. The van der Waals surface area contributed by atoms with Gasteiger partial charge in [0.2, 0.25) is 5.51 Å². The molecule has 0 fully saturated rings. The van der Waals surface area contributed by atoms with Crippen molar-refractivity contribution in [2.45, 2.75) is 56.0 Å². The van der Waals surface area contributed by atoms with E-state index in [1.807, 2.05) is 0 Å². The Morgan fingerprint density at radius 3 is 0.792 bits per heavy atom. The van der Waals surface area contributed by atoms with Crippen LogP contribution in [0, 0.1) is 0 Å². The van der Waals surface area contributed by atoms with E-state index in [9.17, 15) is 105 Å². The minimum absolute atomic E-state index is 0.691. The Hall–Kier alpha value is -6.93. The maximum absolute atomic E-state index is 14.2. The van der Waals surface area contributed by atoms with Gasteiger partial charge in [-0.15, -0.1) is 0 Å². The Kier molecular flexibility index (Phi) is 14.9. The molecule has 27 heteroatoms. The molecular weight excluding hydrogens is 1110 g/mol. The highest BCUT2D eigenvalue weighted by atomic mass is 32.1. The lowest BCUT2D eigenvalue weighted by Gasteiger charge is -2.46. The van der Waals surface area contributed by atoms with Crippen molar-refractivity contribution >= 4 is 60.9 Å². The van der Waals surface area contributed by atoms with Crippen molar-refractivity contribution < 1.29 is 110 Å². The second-order valence-corrected chi connectivity index (χ2v) is 18.0. The summed E-state index contributed by atoms with van der Waals surface area (Å²) in [5.41, 5.74) is -26.6. The molecule has 0 spiro atoms. The highest BCUT2D eigenvalue weighted by molar-refractivity contribution is 7.20. The van der Waals surface area contributed by atoms with Crippen LogP contribution in [-0.2, 0) is 56.0 Å². The molecule has 8 aromatic rings. The van der Waals surface area contributed by atoms with Crippen molar-refractivity contribution in [2.75, 3.05) is 0 Å². The second kappa shape index (κ2) is 19.8. The van der Waals surface area contributed by atoms with E-state index in [1.54, 1.807) is 11.3 Å². The smallest absolute Gasteiger partial charge is 0.194 e. The lowest BCUT2D eigenvalue weighted by Crippen LogP contribution is -2.75. The fourth-order valence-corrected chi connectivity index (χ4v) is 9.48. The van der Waals surface area contributed by atoms with Gasteiger partial charge >= 0.3 is 49.4 Å². The third kappa shape index (κ3) is 12.4. The normalized spacial score (nSPS) is 13.5. The van der Waals surface area contributed by atoms with Gasteiger partial charge in [0.15, 0.2) is 12.7 Å². The van der Waals surface area contributed by atoms with Gasteiger partial charge in [0.25, 0.3) is 0 Å². The molecule has 0 atom stereocenters. The Morgan fingerprint density at radius 1 is 0.325 bits per heavy atom. The summed E-state index contributed by atoms with van der Waals surface area (Å²) >= 11 is 1.73. The zero-order valence-electron chi connectivity index (χ0n) is 37.6. The van der Waals surface area contributed by atoms with E-state index in [0.717, 1.165) is 6.54 Å². The lowest BCUT2D eigenvalue weighted by molar-refractivity contribution is -0.683. The molecule has 1 heterocycles. The van der Waals surface area contributed by atoms with Gasteiger partial charge in [-0.1, -0.05) is 108 Å². The lowest BCUT2D eigenvalue weighted by atomic mass is 9.12. The fourth-order valence-electron chi connectivity index (χ4n) is 8.88. The minimum Gasteiger partial charge on any atom is -0.194 e. The number of hydrogen-bond donors (Lipinski definition) is 0. The molecule has 0 bridgehead atoms. The standard InChI is InChI=1S/C32H12BF24.C18H14NS/c34-25(35,36)13-1-14(26(37,38)39)6-21(5-13)33(22-7-15(27(40,41)42)2-16(8-22)28(43,44)45,23-9-17(29(46,47)48)3-18(10-23)30(49,50)51)24-11-19(31(52,53)54)4-20(12-24)32(55,56)57;1-3-7-16-14(5-1)11-15-6-2-4-8-17(15)18(16)12-19-9-10-20-13-19/h1-12H;1-11,13H,12H2/q-1;+1. The molecular formula is C50H26BF24NS. The van der Waals surface area contributed by atoms with Crippen LogP contribution in [0.3, 0.4) is 0 Å². The quantitative estimate of drug-likeness (QED) is 0.0676. The number of aromatic nitrogens is 1. The highest BCUT2D eigenvalue weighted by Gasteiger charge is 2.47. The van der Waals surface area contributed by atoms with E-state index < -0.39 is 195 Å². The third-order valence-electron chi connectivity index (χ3n) is 12.2. The maximum atomic E-state index is 14.2. The van der Waals surface area contributed by atoms with E-state index in [0.29, 0.717) is 0 Å². The van der Waals surface area contributed by atoms with Gasteiger partial charge in [0.1, 0.15) is 6.15 Å². The number of thiazole rings is 1. The Labute approximate surface area is 420 Å². The van der Waals surface area contributed by atoms with Crippen LogP contribution < -0.4 is 26.4 Å². The molecule has 408 valence electrons. The first-order chi connectivity index (χ1) is 35.2. The van der Waals surface area contributed by atoms with Crippen LogP contribution in [0.5, 0.6) is 0 Å². The summed E-state index contributed by atoms with van der Waals surface area (Å²) in [4.78, 5) is 0. The SMILES string of the molecule is FC(F)(F)c1cc([B-](c2cc(C(F)(F)F)cc(C(F)(F)F)c2)(c2cc(C(F)(F)F)cc(C(F)(F)F)c2)c2cc(C(F)(F)F)cc(C(F)(F)F)c2)cc(C(F)(F)F)c1.c1ccc2c(C[n+]3ccsc3)c3ccccc3cc2c1. The molecule has 0 aliphatic rings. The summed E-state index contributed by atoms with van der Waals surface area (Å²) in [7, 11) is 0. The van der Waals surface area contributed by atoms with Crippen molar-refractivity contribution in [1.29, 1.82) is 0 Å². The summed E-state index contributed by atoms with van der Waals surface area (Å²) in [6.45, 7) is 0.922. The van der Waals surface area contributed by atoms with Gasteiger partial charge in [-0.2, -0.15) is 132 Å². The van der Waals surface area contributed by atoms with Gasteiger partial charge in [-0.05, 0) is 51.9 Å². The van der Waals surface area contributed by atoms with Crippen molar-refractivity contribution in [3.05, 3.63) is 195 Å². The zero-order valence-corrected chi connectivity index (χ0v) is 38.4. The number of benzene rings is 7. The van der Waals surface area contributed by atoms with Crippen molar-refractivity contribution in [3.8, 4) is 0 Å². The highest BCUT2D eigenvalue weighted by Crippen LogP contribution is 2.42. The molecule has 8 rings (SSSR count). The fraction of sp³-hybridized carbons (Fsp3) is 0.180. The summed E-state index contributed by atoms with van der Waals surface area (Å²) in [5.74, 6) is 0. The van der Waals surface area contributed by atoms with Crippen LogP contribution in [0.15, 0.2) is 144 Å². The summed E-state index contributed by atoms with van der Waals surface area (Å²) in [6.07, 6.45) is -52.7. The molecule has 0 unspecified atom stereocenters. The molecule has 77 heavy (non-hydrogen) atoms. The van der Waals surface area contributed by atoms with Crippen LogP contribution in [0.25, 0.3) is 21.5 Å². The molecule has 0 saturated heterocycles. The van der Waals surface area contributed by atoms with Crippen LogP contribution in [-0.4, -0.2) is 6.15 Å². The van der Waals surface area contributed by atoms with Crippen molar-refractivity contribution in [2.24, 2.45) is 0 Å². The number of nitrogens with zero attached hydrogens (tertiary/aromatic N) is 1. The van der Waals surface area contributed by atoms with Crippen molar-refractivity contribution in [1.82, 2.24) is 0 Å². The number of alkyl halides is 24. The molecule has 0 aliphatic carbocycles. The molecule has 1 aromatic heterocycles. The zero-order chi connectivity index (χ0) is 57.3. The summed E-state index contributed by atoms with van der Waals surface area (Å²) in [5, 5.41) is 7.46. The number of rotatable bonds is 6. The Morgan fingerprint density at radius 2 is 0.571 bits per heavy atom. The molecule has 7 aromatic carbocycles. The molecule has 1 nitrogen and oxygen atoms in total. The summed E-state index contributed by atoms with van der Waals surface area (Å²) in [6, 6.07) is 10.8.